The lowest BCUT2D eigenvalue weighted by Gasteiger charge is -2.28. The van der Waals surface area contributed by atoms with Crippen LogP contribution >= 0.6 is 0 Å². The number of aliphatic hydroxyl groups is 2. The number of benzene rings is 2. The molecule has 0 spiro atoms. The Morgan fingerprint density at radius 1 is 1.00 bits per heavy atom. The Hall–Kier alpha value is -3.48. The maximum atomic E-state index is 12.1. The molecule has 4 N–H and O–H groups in total. The minimum atomic E-state index is -1.62. The molecule has 37 heavy (non-hydrogen) atoms. The Bertz CT molecular complexity index is 992. The molecule has 6 heteroatoms. The first-order chi connectivity index (χ1) is 17.5. The zero-order valence-electron chi connectivity index (χ0n) is 23.1. The van der Waals surface area contributed by atoms with Crippen LogP contribution in [0.2, 0.25) is 0 Å². The summed E-state index contributed by atoms with van der Waals surface area (Å²) in [6.07, 6.45) is 5.75. The highest BCUT2D eigenvalue weighted by molar-refractivity contribution is 5.95. The molecule has 0 radical (unpaired) electrons. The van der Waals surface area contributed by atoms with Crippen LogP contribution in [0.1, 0.15) is 58.3 Å². The lowest BCUT2D eigenvalue weighted by molar-refractivity contribution is -0.0980. The fourth-order valence-electron chi connectivity index (χ4n) is 2.92. The molecule has 202 valence electrons. The van der Waals surface area contributed by atoms with Crippen molar-refractivity contribution in [3.63, 3.8) is 0 Å². The van der Waals surface area contributed by atoms with Crippen molar-refractivity contribution < 1.29 is 19.8 Å². The summed E-state index contributed by atoms with van der Waals surface area (Å²) in [6, 6.07) is 17.0. The number of hydrogen-bond acceptors (Lipinski definition) is 5. The zero-order valence-corrected chi connectivity index (χ0v) is 23.1. The van der Waals surface area contributed by atoms with Crippen molar-refractivity contribution in [3.8, 4) is 11.1 Å². The Balaban J connectivity index is 0.000000709. The molecule has 1 amide bonds. The summed E-state index contributed by atoms with van der Waals surface area (Å²) in [5.41, 5.74) is 3.94. The van der Waals surface area contributed by atoms with Crippen LogP contribution < -0.4 is 10.6 Å². The molecule has 0 saturated heterocycles. The van der Waals surface area contributed by atoms with E-state index in [1.165, 1.54) is 11.3 Å². The van der Waals surface area contributed by atoms with E-state index in [-0.39, 0.29) is 5.91 Å². The Kier molecular flexibility index (Phi) is 16.2. The second kappa shape index (κ2) is 17.9. The maximum Gasteiger partial charge on any atom is 0.251 e. The van der Waals surface area contributed by atoms with Crippen molar-refractivity contribution in [2.75, 3.05) is 6.54 Å². The molecule has 0 aliphatic heterocycles. The quantitative estimate of drug-likeness (QED) is 0.246. The minimum Gasteiger partial charge on any atom is -0.389 e. The van der Waals surface area contributed by atoms with Gasteiger partial charge in [-0.05, 0) is 56.9 Å². The lowest BCUT2D eigenvalue weighted by Crippen LogP contribution is -2.52. The van der Waals surface area contributed by atoms with Gasteiger partial charge in [0.1, 0.15) is 6.79 Å². The number of nitrogens with one attached hydrogen (secondary N) is 2. The Morgan fingerprint density at radius 3 is 2.00 bits per heavy atom. The van der Waals surface area contributed by atoms with Gasteiger partial charge in [-0.3, -0.25) is 4.79 Å². The van der Waals surface area contributed by atoms with Gasteiger partial charge in [-0.15, -0.1) is 0 Å². The molecule has 0 aliphatic rings. The monoisotopic (exact) mass is 508 g/mol. The fraction of sp³-hybridized carbons (Fsp3) is 0.355. The summed E-state index contributed by atoms with van der Waals surface area (Å²) in [4.78, 5) is 20.1. The largest absolute Gasteiger partial charge is 0.389 e. The van der Waals surface area contributed by atoms with Crippen molar-refractivity contribution in [2.45, 2.75) is 59.8 Å². The molecule has 0 aliphatic carbocycles. The van der Waals surface area contributed by atoms with Gasteiger partial charge in [0.2, 0.25) is 0 Å². The van der Waals surface area contributed by atoms with Gasteiger partial charge in [0.25, 0.3) is 5.91 Å². The molecule has 2 aromatic rings. The SMILES string of the molecule is C=C(/C=C\C/C(=C\C)NCC)C(C)C.C=O.CC(C)(NC(=O)c1ccc(-c2ccccc2)cc1)C(O)O. The lowest BCUT2D eigenvalue weighted by atomic mass is 10.0. The normalized spacial score (nSPS) is 11.4. The van der Waals surface area contributed by atoms with E-state index in [1.54, 1.807) is 26.0 Å². The van der Waals surface area contributed by atoms with Crippen LogP contribution in [0, 0.1) is 5.92 Å². The van der Waals surface area contributed by atoms with Crippen molar-refractivity contribution in [3.05, 3.63) is 96.2 Å². The molecule has 0 fully saturated rings. The van der Waals surface area contributed by atoms with Gasteiger partial charge in [-0.2, -0.15) is 0 Å². The van der Waals surface area contributed by atoms with Gasteiger partial charge in [0, 0.05) is 24.2 Å². The number of amides is 1. The van der Waals surface area contributed by atoms with Gasteiger partial charge < -0.3 is 25.6 Å². The van der Waals surface area contributed by atoms with Crippen molar-refractivity contribution in [1.82, 2.24) is 10.6 Å². The summed E-state index contributed by atoms with van der Waals surface area (Å²) in [6.45, 7) is 18.6. The van der Waals surface area contributed by atoms with Crippen LogP contribution in [0.15, 0.2) is 90.7 Å². The third kappa shape index (κ3) is 12.9. The van der Waals surface area contributed by atoms with Gasteiger partial charge in [0.05, 0.1) is 5.54 Å². The molecular weight excluding hydrogens is 464 g/mol. The number of hydrogen-bond donors (Lipinski definition) is 4. The molecule has 0 heterocycles. The molecular formula is C31H44N2O4. The first-order valence-corrected chi connectivity index (χ1v) is 12.4. The predicted octanol–water partition coefficient (Wildman–Crippen LogP) is 5.65. The smallest absolute Gasteiger partial charge is 0.251 e. The second-order valence-electron chi connectivity index (χ2n) is 9.17. The van der Waals surface area contributed by atoms with Gasteiger partial charge in [-0.25, -0.2) is 0 Å². The van der Waals surface area contributed by atoms with Crippen LogP contribution in [-0.4, -0.2) is 41.3 Å². The number of rotatable bonds is 10. The molecule has 6 nitrogen and oxygen atoms in total. The summed E-state index contributed by atoms with van der Waals surface area (Å²) >= 11 is 0. The average molecular weight is 509 g/mol. The van der Waals surface area contributed by atoms with Gasteiger partial charge in [-0.1, -0.05) is 86.7 Å². The van der Waals surface area contributed by atoms with Crippen molar-refractivity contribution >= 4 is 12.7 Å². The zero-order chi connectivity index (χ0) is 28.4. The third-order valence-electron chi connectivity index (χ3n) is 5.50. The molecule has 2 rings (SSSR count). The van der Waals surface area contributed by atoms with Crippen LogP contribution in [-0.2, 0) is 4.79 Å². The van der Waals surface area contributed by atoms with E-state index >= 15 is 0 Å². The second-order valence-corrected chi connectivity index (χ2v) is 9.17. The van der Waals surface area contributed by atoms with E-state index < -0.39 is 11.8 Å². The standard InChI is InChI=1S/C17H19NO3.C13H23N.CH2O/c1-17(2,16(20)21)18-15(19)14-10-8-13(9-11-14)12-6-4-3-5-7-12;1-6-13(14-7-2)10-8-9-12(5)11(3)4;1-2/h3-11,16,20-21H,1-2H3,(H,18,19);6,8-9,11,14H,5,7,10H2,1-4H3;1H2/b;9-8-,13-6+;. The van der Waals surface area contributed by atoms with E-state index in [4.69, 9.17) is 4.79 Å². The summed E-state index contributed by atoms with van der Waals surface area (Å²) in [5, 5.41) is 24.3. The predicted molar refractivity (Wildman–Crippen MR) is 154 cm³/mol. The average Bonchev–Trinajstić information content (AvgIpc) is 2.89. The van der Waals surface area contributed by atoms with E-state index in [0.717, 1.165) is 24.1 Å². The summed E-state index contributed by atoms with van der Waals surface area (Å²) in [7, 11) is 0. The van der Waals surface area contributed by atoms with Crippen LogP contribution in [0.3, 0.4) is 0 Å². The molecule has 0 bridgehead atoms. The molecule has 2 aromatic carbocycles. The minimum absolute atomic E-state index is 0.340. The van der Waals surface area contributed by atoms with Crippen LogP contribution in [0.4, 0.5) is 0 Å². The summed E-state index contributed by atoms with van der Waals surface area (Å²) in [5.74, 6) is 0.201. The molecule has 0 aromatic heterocycles. The van der Waals surface area contributed by atoms with E-state index in [1.807, 2.05) is 49.3 Å². The number of carbonyl (C=O) groups excluding carboxylic acids is 2. The Labute approximate surface area is 222 Å². The summed E-state index contributed by atoms with van der Waals surface area (Å²) < 4.78 is 0. The number of allylic oxidation sites excluding steroid dienone is 4. The molecule has 0 unspecified atom stereocenters. The number of carbonyl (C=O) groups is 2. The highest BCUT2D eigenvalue weighted by Gasteiger charge is 2.28. The molecule has 0 saturated carbocycles. The van der Waals surface area contributed by atoms with E-state index in [2.05, 4.69) is 63.1 Å². The third-order valence-corrected chi connectivity index (χ3v) is 5.50. The van der Waals surface area contributed by atoms with E-state index in [9.17, 15) is 15.0 Å². The maximum absolute atomic E-state index is 12.1. The highest BCUT2D eigenvalue weighted by atomic mass is 16.5. The topological polar surface area (TPSA) is 98.7 Å². The van der Waals surface area contributed by atoms with Gasteiger partial charge in [0.15, 0.2) is 6.29 Å². The number of aliphatic hydroxyl groups excluding tert-OH is 1. The Morgan fingerprint density at radius 2 is 1.54 bits per heavy atom. The first-order valence-electron chi connectivity index (χ1n) is 12.4. The molecule has 0 atom stereocenters. The van der Waals surface area contributed by atoms with Crippen molar-refractivity contribution in [2.24, 2.45) is 5.92 Å². The van der Waals surface area contributed by atoms with Crippen molar-refractivity contribution in [1.29, 1.82) is 0 Å². The van der Waals surface area contributed by atoms with Gasteiger partial charge >= 0.3 is 0 Å². The first kappa shape index (κ1) is 33.5. The van der Waals surface area contributed by atoms with E-state index in [0.29, 0.717) is 11.5 Å². The fourth-order valence-corrected chi connectivity index (χ4v) is 2.92. The van der Waals surface area contributed by atoms with Crippen LogP contribution in [0.5, 0.6) is 0 Å². The highest BCUT2D eigenvalue weighted by Crippen LogP contribution is 2.19. The van der Waals surface area contributed by atoms with Crippen LogP contribution in [0.25, 0.3) is 11.1 Å².